The van der Waals surface area contributed by atoms with E-state index in [0.717, 1.165) is 27.7 Å². The van der Waals surface area contributed by atoms with Crippen LogP contribution in [0.3, 0.4) is 0 Å². The number of esters is 1. The summed E-state index contributed by atoms with van der Waals surface area (Å²) in [5.41, 5.74) is 3.23. The molecular weight excluding hydrogens is 472 g/mol. The number of aryl methyl sites for hydroxylation is 2. The first-order valence-electron chi connectivity index (χ1n) is 9.60. The summed E-state index contributed by atoms with van der Waals surface area (Å²) in [4.78, 5) is 38.7. The second kappa shape index (κ2) is 9.62. The van der Waals surface area contributed by atoms with Crippen molar-refractivity contribution < 1.29 is 19.1 Å². The largest absolute Gasteiger partial charge is 0.455 e. The van der Waals surface area contributed by atoms with Crippen molar-refractivity contribution in [2.75, 3.05) is 23.4 Å². The molecule has 1 atom stereocenters. The molecule has 30 heavy (non-hydrogen) atoms. The molecule has 1 fully saturated rings. The molecule has 1 aliphatic rings. The van der Waals surface area contributed by atoms with E-state index in [1.54, 1.807) is 17.0 Å². The van der Waals surface area contributed by atoms with E-state index in [-0.39, 0.29) is 18.9 Å². The van der Waals surface area contributed by atoms with E-state index >= 15 is 0 Å². The Morgan fingerprint density at radius 1 is 1.30 bits per heavy atom. The molecule has 158 valence electrons. The van der Waals surface area contributed by atoms with Gasteiger partial charge in [-0.2, -0.15) is 0 Å². The van der Waals surface area contributed by atoms with Crippen molar-refractivity contribution in [2.45, 2.75) is 26.7 Å². The minimum atomic E-state index is -0.598. The number of nitrogens with zero attached hydrogens (tertiary/aromatic N) is 1. The molecule has 1 saturated heterocycles. The van der Waals surface area contributed by atoms with Crippen molar-refractivity contribution >= 4 is 56.7 Å². The molecule has 1 aliphatic heterocycles. The fourth-order valence-electron chi connectivity index (χ4n) is 3.39. The topological polar surface area (TPSA) is 75.7 Å². The molecular formula is C22H22BrClN2O4. The third kappa shape index (κ3) is 5.02. The predicted octanol–water partition coefficient (Wildman–Crippen LogP) is 4.51. The Hall–Kier alpha value is -2.38. The second-order valence-electron chi connectivity index (χ2n) is 7.12. The van der Waals surface area contributed by atoms with Crippen LogP contribution in [0, 0.1) is 12.8 Å². The Bertz CT molecular complexity index is 995. The smallest absolute Gasteiger partial charge is 0.311 e. The van der Waals surface area contributed by atoms with Gasteiger partial charge in [0.15, 0.2) is 6.61 Å². The van der Waals surface area contributed by atoms with Crippen molar-refractivity contribution in [3.8, 4) is 0 Å². The van der Waals surface area contributed by atoms with Crippen molar-refractivity contribution in [3.05, 3.63) is 57.0 Å². The maximum absolute atomic E-state index is 12.5. The number of nitrogens with one attached hydrogen (secondary N) is 1. The van der Waals surface area contributed by atoms with Gasteiger partial charge in [0.05, 0.1) is 10.9 Å². The number of carbonyl (C=O) groups is 3. The van der Waals surface area contributed by atoms with Crippen molar-refractivity contribution in [3.63, 3.8) is 0 Å². The molecule has 8 heteroatoms. The molecule has 3 rings (SSSR count). The van der Waals surface area contributed by atoms with Gasteiger partial charge in [0, 0.05) is 28.8 Å². The zero-order valence-electron chi connectivity index (χ0n) is 16.7. The Labute approximate surface area is 188 Å². The van der Waals surface area contributed by atoms with E-state index in [4.69, 9.17) is 16.3 Å². The molecule has 2 aromatic carbocycles. The first kappa shape index (κ1) is 22.3. The number of benzene rings is 2. The molecule has 2 amide bonds. The minimum absolute atomic E-state index is 0.0694. The predicted molar refractivity (Wildman–Crippen MR) is 120 cm³/mol. The number of rotatable bonds is 6. The average Bonchev–Trinajstić information content (AvgIpc) is 3.11. The number of anilines is 2. The lowest BCUT2D eigenvalue weighted by atomic mass is 10.1. The van der Waals surface area contributed by atoms with Gasteiger partial charge >= 0.3 is 5.97 Å². The summed E-state index contributed by atoms with van der Waals surface area (Å²) in [6.07, 6.45) is 0.856. The van der Waals surface area contributed by atoms with Gasteiger partial charge in [0.25, 0.3) is 5.91 Å². The summed E-state index contributed by atoms with van der Waals surface area (Å²) in [6, 6.07) is 11.1. The van der Waals surface area contributed by atoms with Gasteiger partial charge in [0.2, 0.25) is 5.91 Å². The molecule has 0 bridgehead atoms. The summed E-state index contributed by atoms with van der Waals surface area (Å²) in [6.45, 7) is 3.67. The monoisotopic (exact) mass is 492 g/mol. The molecule has 0 saturated carbocycles. The van der Waals surface area contributed by atoms with Crippen molar-refractivity contribution in [2.24, 2.45) is 5.92 Å². The van der Waals surface area contributed by atoms with Gasteiger partial charge in [-0.25, -0.2) is 0 Å². The number of hydrogen-bond acceptors (Lipinski definition) is 4. The van der Waals surface area contributed by atoms with Crippen LogP contribution in [-0.2, 0) is 25.5 Å². The molecule has 1 N–H and O–H groups in total. The lowest BCUT2D eigenvalue weighted by Crippen LogP contribution is -2.28. The van der Waals surface area contributed by atoms with Gasteiger partial charge < -0.3 is 15.0 Å². The first-order valence-corrected chi connectivity index (χ1v) is 10.8. The number of para-hydroxylation sites is 1. The van der Waals surface area contributed by atoms with Crippen LogP contribution in [-0.4, -0.2) is 30.9 Å². The third-order valence-electron chi connectivity index (χ3n) is 5.01. The van der Waals surface area contributed by atoms with E-state index in [1.807, 2.05) is 38.1 Å². The van der Waals surface area contributed by atoms with E-state index < -0.39 is 24.4 Å². The molecule has 0 aromatic heterocycles. The SMILES string of the molecule is CCc1ccccc1N1C[C@H](C(=O)OCC(=O)Nc2cc(Cl)c(Br)cc2C)CC1=O. The average molecular weight is 494 g/mol. The van der Waals surface area contributed by atoms with Crippen LogP contribution in [0.4, 0.5) is 11.4 Å². The standard InChI is InChI=1S/C22H22BrClN2O4/c1-3-14-6-4-5-7-19(14)26-11-15(9-21(26)28)22(29)30-12-20(27)25-18-10-17(24)16(23)8-13(18)2/h4-8,10,15H,3,9,11-12H2,1-2H3,(H,25,27)/t15-/m1/s1. The van der Waals surface area contributed by atoms with Gasteiger partial charge in [-0.3, -0.25) is 14.4 Å². The van der Waals surface area contributed by atoms with Crippen LogP contribution in [0.2, 0.25) is 5.02 Å². The highest BCUT2D eigenvalue weighted by Gasteiger charge is 2.37. The fraction of sp³-hybridized carbons (Fsp3) is 0.318. The quantitative estimate of drug-likeness (QED) is 0.601. The molecule has 1 heterocycles. The Kier molecular flexibility index (Phi) is 7.15. The van der Waals surface area contributed by atoms with Gasteiger partial charge in [-0.15, -0.1) is 0 Å². The molecule has 0 aliphatic carbocycles. The molecule has 0 radical (unpaired) electrons. The highest BCUT2D eigenvalue weighted by atomic mass is 79.9. The van der Waals surface area contributed by atoms with E-state index in [2.05, 4.69) is 21.2 Å². The highest BCUT2D eigenvalue weighted by molar-refractivity contribution is 9.10. The molecule has 6 nitrogen and oxygen atoms in total. The van der Waals surface area contributed by atoms with Crippen LogP contribution in [0.1, 0.15) is 24.5 Å². The molecule has 0 unspecified atom stereocenters. The number of amides is 2. The first-order chi connectivity index (χ1) is 14.3. The maximum atomic E-state index is 12.5. The molecule has 2 aromatic rings. The van der Waals surface area contributed by atoms with Crippen LogP contribution in [0.5, 0.6) is 0 Å². The van der Waals surface area contributed by atoms with Crippen molar-refractivity contribution in [1.29, 1.82) is 0 Å². The minimum Gasteiger partial charge on any atom is -0.455 e. The number of carbonyl (C=O) groups excluding carboxylic acids is 3. The lowest BCUT2D eigenvalue weighted by Gasteiger charge is -2.19. The summed E-state index contributed by atoms with van der Waals surface area (Å²) < 4.78 is 5.90. The normalized spacial score (nSPS) is 15.9. The summed E-state index contributed by atoms with van der Waals surface area (Å²) in [5, 5.41) is 3.15. The number of ether oxygens (including phenoxy) is 1. The van der Waals surface area contributed by atoms with Crippen LogP contribution >= 0.6 is 27.5 Å². The Morgan fingerprint density at radius 3 is 2.77 bits per heavy atom. The van der Waals surface area contributed by atoms with Crippen LogP contribution in [0.25, 0.3) is 0 Å². The lowest BCUT2D eigenvalue weighted by molar-refractivity contribution is -0.151. The summed E-state index contributed by atoms with van der Waals surface area (Å²) in [7, 11) is 0. The second-order valence-corrected chi connectivity index (χ2v) is 8.39. The zero-order chi connectivity index (χ0) is 21.8. The number of hydrogen-bond donors (Lipinski definition) is 1. The van der Waals surface area contributed by atoms with Crippen LogP contribution < -0.4 is 10.2 Å². The highest BCUT2D eigenvalue weighted by Crippen LogP contribution is 2.30. The van der Waals surface area contributed by atoms with Crippen molar-refractivity contribution in [1.82, 2.24) is 0 Å². The fourth-order valence-corrected chi connectivity index (χ4v) is 4.01. The number of halogens is 2. The van der Waals surface area contributed by atoms with Crippen LogP contribution in [0.15, 0.2) is 40.9 Å². The summed E-state index contributed by atoms with van der Waals surface area (Å²) in [5.74, 6) is -1.75. The van der Waals surface area contributed by atoms with E-state index in [1.165, 1.54) is 0 Å². The van der Waals surface area contributed by atoms with Gasteiger partial charge in [-0.1, -0.05) is 36.7 Å². The van der Waals surface area contributed by atoms with Gasteiger partial charge in [0.1, 0.15) is 0 Å². The third-order valence-corrected chi connectivity index (χ3v) is 6.21. The molecule has 0 spiro atoms. The van der Waals surface area contributed by atoms with E-state index in [9.17, 15) is 14.4 Å². The Morgan fingerprint density at radius 2 is 2.03 bits per heavy atom. The summed E-state index contributed by atoms with van der Waals surface area (Å²) >= 11 is 9.39. The maximum Gasteiger partial charge on any atom is 0.311 e. The van der Waals surface area contributed by atoms with Gasteiger partial charge in [-0.05, 0) is 58.6 Å². The Balaban J connectivity index is 1.57. The zero-order valence-corrected chi connectivity index (χ0v) is 19.0. The van der Waals surface area contributed by atoms with E-state index in [0.29, 0.717) is 10.7 Å².